The van der Waals surface area contributed by atoms with E-state index in [1.165, 1.54) is 18.1 Å². The first kappa shape index (κ1) is 25.0. The Hall–Kier alpha value is -3.10. The molecule has 1 saturated heterocycles. The molecule has 6 nitrogen and oxygen atoms in total. The van der Waals surface area contributed by atoms with Gasteiger partial charge in [0.25, 0.3) is 0 Å². The normalized spacial score (nSPS) is 17.8. The van der Waals surface area contributed by atoms with Gasteiger partial charge in [0.15, 0.2) is 11.6 Å². The number of ether oxygens (including phenoxy) is 1. The number of ketones is 2. The van der Waals surface area contributed by atoms with Crippen LogP contribution in [-0.2, 0) is 27.3 Å². The standard InChI is InChI=1S/C26H25ClF2N2O4/c1-35-15-24(33)19-13-30(21-8-3-2-6-18(19)21)14-25(34)31-12-17(28)11-22(31)23(32)10-9-16-5-4-7-20(27)26(16)29/h2-8,13,17,22H,9-12,14-15H2,1H3/t17-,22+/m1/s1. The second kappa shape index (κ2) is 10.7. The fourth-order valence-electron chi connectivity index (χ4n) is 4.58. The number of aryl methyl sites for hydroxylation is 1. The van der Waals surface area contributed by atoms with Crippen molar-refractivity contribution in [3.8, 4) is 0 Å². The Morgan fingerprint density at radius 3 is 2.69 bits per heavy atom. The molecule has 0 unspecified atom stereocenters. The molecule has 0 bridgehead atoms. The van der Waals surface area contributed by atoms with E-state index >= 15 is 0 Å². The largest absolute Gasteiger partial charge is 0.377 e. The molecule has 2 atom stereocenters. The van der Waals surface area contributed by atoms with E-state index in [1.54, 1.807) is 47.2 Å². The first-order valence-electron chi connectivity index (χ1n) is 11.3. The van der Waals surface area contributed by atoms with Gasteiger partial charge in [-0.3, -0.25) is 14.4 Å². The van der Waals surface area contributed by atoms with Crippen LogP contribution < -0.4 is 0 Å². The molecule has 4 rings (SSSR count). The van der Waals surface area contributed by atoms with Crippen LogP contribution in [0.3, 0.4) is 0 Å². The fourth-order valence-corrected chi connectivity index (χ4v) is 4.77. The van der Waals surface area contributed by atoms with Crippen LogP contribution in [0.15, 0.2) is 48.7 Å². The van der Waals surface area contributed by atoms with Crippen LogP contribution in [0.5, 0.6) is 0 Å². The number of benzene rings is 2. The molecule has 2 heterocycles. The number of rotatable bonds is 9. The average Bonchev–Trinajstić information content (AvgIpc) is 3.41. The maximum atomic E-state index is 14.3. The highest BCUT2D eigenvalue weighted by Gasteiger charge is 2.39. The number of Topliss-reactive ketones (excluding diaryl/α,β-unsaturated/α-hetero) is 2. The average molecular weight is 503 g/mol. The van der Waals surface area contributed by atoms with Crippen molar-refractivity contribution in [2.45, 2.75) is 38.0 Å². The van der Waals surface area contributed by atoms with Crippen LogP contribution in [0.2, 0.25) is 5.02 Å². The summed E-state index contributed by atoms with van der Waals surface area (Å²) in [7, 11) is 1.43. The van der Waals surface area contributed by atoms with Gasteiger partial charge in [-0.15, -0.1) is 0 Å². The smallest absolute Gasteiger partial charge is 0.243 e. The van der Waals surface area contributed by atoms with Crippen LogP contribution in [0, 0.1) is 5.82 Å². The van der Waals surface area contributed by atoms with Gasteiger partial charge in [0.1, 0.15) is 25.1 Å². The lowest BCUT2D eigenvalue weighted by atomic mass is 10.0. The number of amides is 1. The summed E-state index contributed by atoms with van der Waals surface area (Å²) in [5.41, 5.74) is 1.40. The molecule has 1 aliphatic heterocycles. The SMILES string of the molecule is COCC(=O)c1cn(CC(=O)N2C[C@H](F)C[C@H]2C(=O)CCc2cccc(Cl)c2F)c2ccccc12. The molecule has 0 radical (unpaired) electrons. The van der Waals surface area contributed by atoms with E-state index in [0.717, 1.165) is 0 Å². The molecule has 0 saturated carbocycles. The van der Waals surface area contributed by atoms with E-state index in [1.807, 2.05) is 0 Å². The second-order valence-electron chi connectivity index (χ2n) is 8.62. The summed E-state index contributed by atoms with van der Waals surface area (Å²) < 4.78 is 35.1. The zero-order valence-corrected chi connectivity index (χ0v) is 19.9. The highest BCUT2D eigenvalue weighted by atomic mass is 35.5. The van der Waals surface area contributed by atoms with Gasteiger partial charge in [-0.05, 0) is 24.1 Å². The zero-order valence-electron chi connectivity index (χ0n) is 19.2. The number of likely N-dealkylation sites (tertiary alicyclic amines) is 1. The van der Waals surface area contributed by atoms with Crippen LogP contribution >= 0.6 is 11.6 Å². The molecular formula is C26H25ClF2N2O4. The van der Waals surface area contributed by atoms with Crippen molar-refractivity contribution in [3.63, 3.8) is 0 Å². The van der Waals surface area contributed by atoms with Crippen molar-refractivity contribution < 1.29 is 27.9 Å². The van der Waals surface area contributed by atoms with Crippen molar-refractivity contribution in [3.05, 3.63) is 70.6 Å². The Morgan fingerprint density at radius 2 is 1.91 bits per heavy atom. The quantitative estimate of drug-likeness (QED) is 0.407. The molecule has 2 aromatic carbocycles. The molecule has 0 N–H and O–H groups in total. The summed E-state index contributed by atoms with van der Waals surface area (Å²) in [5, 5.41) is 0.655. The minimum atomic E-state index is -1.32. The molecule has 0 aliphatic carbocycles. The summed E-state index contributed by atoms with van der Waals surface area (Å²) in [6.45, 7) is -0.433. The van der Waals surface area contributed by atoms with E-state index in [-0.39, 0.29) is 55.5 Å². The predicted molar refractivity (Wildman–Crippen MR) is 128 cm³/mol. The van der Waals surface area contributed by atoms with Crippen molar-refractivity contribution >= 4 is 40.0 Å². The molecule has 0 spiro atoms. The number of halogens is 3. The zero-order chi connectivity index (χ0) is 25.1. The first-order chi connectivity index (χ1) is 16.8. The number of alkyl halides is 1. The lowest BCUT2D eigenvalue weighted by molar-refractivity contribution is -0.138. The maximum Gasteiger partial charge on any atom is 0.243 e. The Labute approximate surface area is 206 Å². The van der Waals surface area contributed by atoms with Gasteiger partial charge in [0, 0.05) is 42.6 Å². The van der Waals surface area contributed by atoms with Crippen LogP contribution in [-0.4, -0.2) is 59.4 Å². The molecule has 1 aromatic heterocycles. The number of aromatic nitrogens is 1. The second-order valence-corrected chi connectivity index (χ2v) is 9.03. The van der Waals surface area contributed by atoms with Gasteiger partial charge in [-0.1, -0.05) is 41.9 Å². The van der Waals surface area contributed by atoms with E-state index in [2.05, 4.69) is 0 Å². The number of para-hydroxylation sites is 1. The minimum Gasteiger partial charge on any atom is -0.377 e. The highest BCUT2D eigenvalue weighted by molar-refractivity contribution is 6.30. The van der Waals surface area contributed by atoms with E-state index < -0.39 is 23.9 Å². The number of hydrogen-bond acceptors (Lipinski definition) is 4. The van der Waals surface area contributed by atoms with E-state index in [0.29, 0.717) is 22.0 Å². The van der Waals surface area contributed by atoms with Gasteiger partial charge in [-0.25, -0.2) is 8.78 Å². The Morgan fingerprint density at radius 1 is 1.14 bits per heavy atom. The third-order valence-electron chi connectivity index (χ3n) is 6.28. The lowest BCUT2D eigenvalue weighted by Gasteiger charge is -2.24. The van der Waals surface area contributed by atoms with Gasteiger partial charge in [-0.2, -0.15) is 0 Å². The first-order valence-corrected chi connectivity index (χ1v) is 11.7. The van der Waals surface area contributed by atoms with Crippen molar-refractivity contribution in [1.29, 1.82) is 0 Å². The summed E-state index contributed by atoms with van der Waals surface area (Å²) in [6, 6.07) is 10.8. The summed E-state index contributed by atoms with van der Waals surface area (Å²) in [5.74, 6) is -1.56. The van der Waals surface area contributed by atoms with Crippen LogP contribution in [0.1, 0.15) is 28.8 Å². The topological polar surface area (TPSA) is 68.6 Å². The number of hydrogen-bond donors (Lipinski definition) is 0. The Kier molecular flexibility index (Phi) is 7.62. The Balaban J connectivity index is 1.50. The number of carbonyl (C=O) groups is 3. The van der Waals surface area contributed by atoms with E-state index in [9.17, 15) is 23.2 Å². The summed E-state index contributed by atoms with van der Waals surface area (Å²) in [6.07, 6.45) is 0.239. The van der Waals surface area contributed by atoms with Crippen LogP contribution in [0.25, 0.3) is 10.9 Å². The van der Waals surface area contributed by atoms with Gasteiger partial charge >= 0.3 is 0 Å². The van der Waals surface area contributed by atoms with Gasteiger partial charge < -0.3 is 14.2 Å². The molecule has 1 fully saturated rings. The number of carbonyl (C=O) groups excluding carboxylic acids is 3. The van der Waals surface area contributed by atoms with Crippen LogP contribution in [0.4, 0.5) is 8.78 Å². The van der Waals surface area contributed by atoms with Gasteiger partial charge in [0.05, 0.1) is 17.6 Å². The van der Waals surface area contributed by atoms with Gasteiger partial charge in [0.2, 0.25) is 5.91 Å². The fraction of sp³-hybridized carbons (Fsp3) is 0.346. The van der Waals surface area contributed by atoms with E-state index in [4.69, 9.17) is 16.3 Å². The molecule has 1 aliphatic rings. The highest BCUT2D eigenvalue weighted by Crippen LogP contribution is 2.26. The molecule has 1 amide bonds. The summed E-state index contributed by atoms with van der Waals surface area (Å²) >= 11 is 5.80. The molecular weight excluding hydrogens is 478 g/mol. The minimum absolute atomic E-state index is 0.0289. The predicted octanol–water partition coefficient (Wildman–Crippen LogP) is 4.40. The number of fused-ring (bicyclic) bond motifs is 1. The monoisotopic (exact) mass is 502 g/mol. The Bertz CT molecular complexity index is 1280. The maximum absolute atomic E-state index is 14.3. The van der Waals surface area contributed by atoms with Crippen molar-refractivity contribution in [2.75, 3.05) is 20.3 Å². The van der Waals surface area contributed by atoms with Crippen molar-refractivity contribution in [2.24, 2.45) is 0 Å². The molecule has 35 heavy (non-hydrogen) atoms. The lowest BCUT2D eigenvalue weighted by Crippen LogP contribution is -2.42. The number of methoxy groups -OCH3 is 1. The van der Waals surface area contributed by atoms with Crippen molar-refractivity contribution in [1.82, 2.24) is 9.47 Å². The third-order valence-corrected chi connectivity index (χ3v) is 6.58. The molecule has 3 aromatic rings. The third kappa shape index (κ3) is 5.28. The number of nitrogens with zero attached hydrogens (tertiary/aromatic N) is 2. The molecule has 9 heteroatoms. The molecule has 184 valence electrons. The summed E-state index contributed by atoms with van der Waals surface area (Å²) in [4.78, 5) is 39.8.